The fraction of sp³-hybridized carbons (Fsp3) is 0.357. The molecule has 2 aromatic heterocycles. The zero-order valence-corrected chi connectivity index (χ0v) is 11.3. The molecular formula is C14H17N3S. The predicted octanol–water partition coefficient (Wildman–Crippen LogP) is 2.73. The number of nitrogens with zero attached hydrogens (tertiary/aromatic N) is 2. The lowest BCUT2D eigenvalue weighted by atomic mass is 10.1. The second-order valence-corrected chi connectivity index (χ2v) is 5.78. The van der Waals surface area contributed by atoms with Gasteiger partial charge >= 0.3 is 0 Å². The van der Waals surface area contributed by atoms with Crippen molar-refractivity contribution in [3.8, 4) is 0 Å². The van der Waals surface area contributed by atoms with E-state index in [-0.39, 0.29) is 6.04 Å². The molecule has 0 saturated carbocycles. The zero-order chi connectivity index (χ0) is 12.5. The van der Waals surface area contributed by atoms with Crippen LogP contribution in [0.3, 0.4) is 0 Å². The van der Waals surface area contributed by atoms with Crippen LogP contribution >= 0.6 is 11.3 Å². The van der Waals surface area contributed by atoms with Crippen molar-refractivity contribution in [2.45, 2.75) is 25.9 Å². The lowest BCUT2D eigenvalue weighted by Gasteiger charge is -2.28. The van der Waals surface area contributed by atoms with Crippen molar-refractivity contribution in [2.75, 3.05) is 11.4 Å². The summed E-state index contributed by atoms with van der Waals surface area (Å²) in [6.45, 7) is 4.01. The lowest BCUT2D eigenvalue weighted by molar-refractivity contribution is 0.729. The second-order valence-electron chi connectivity index (χ2n) is 4.78. The number of aromatic nitrogens is 1. The Bertz CT molecular complexity index is 530. The molecule has 0 spiro atoms. The van der Waals surface area contributed by atoms with Crippen molar-refractivity contribution in [2.24, 2.45) is 5.73 Å². The Kier molecular flexibility index (Phi) is 3.06. The highest BCUT2D eigenvalue weighted by Crippen LogP contribution is 2.27. The van der Waals surface area contributed by atoms with E-state index in [1.165, 1.54) is 10.4 Å². The summed E-state index contributed by atoms with van der Waals surface area (Å²) >= 11 is 1.87. The van der Waals surface area contributed by atoms with E-state index < -0.39 is 0 Å². The summed E-state index contributed by atoms with van der Waals surface area (Å²) in [5.41, 5.74) is 8.38. The molecule has 2 aromatic rings. The third kappa shape index (κ3) is 2.13. The molecule has 0 aromatic carbocycles. The van der Waals surface area contributed by atoms with Gasteiger partial charge in [-0.1, -0.05) is 6.07 Å². The SMILES string of the molecule is C[C@H](N)c1ccc(N2CCc3sccc3C2)nc1. The van der Waals surface area contributed by atoms with Crippen molar-refractivity contribution < 1.29 is 0 Å². The largest absolute Gasteiger partial charge is 0.352 e. The molecule has 3 heterocycles. The van der Waals surface area contributed by atoms with Crippen molar-refractivity contribution in [3.63, 3.8) is 0 Å². The second kappa shape index (κ2) is 4.71. The van der Waals surface area contributed by atoms with Crippen molar-refractivity contribution >= 4 is 17.2 Å². The quantitative estimate of drug-likeness (QED) is 0.901. The molecule has 3 nitrogen and oxygen atoms in total. The topological polar surface area (TPSA) is 42.1 Å². The number of hydrogen-bond donors (Lipinski definition) is 1. The number of rotatable bonds is 2. The summed E-state index contributed by atoms with van der Waals surface area (Å²) in [6.07, 6.45) is 3.02. The maximum absolute atomic E-state index is 5.84. The van der Waals surface area contributed by atoms with Gasteiger partial charge in [-0.15, -0.1) is 11.3 Å². The Morgan fingerprint density at radius 1 is 1.39 bits per heavy atom. The number of nitrogens with two attached hydrogens (primary N) is 1. The zero-order valence-electron chi connectivity index (χ0n) is 10.5. The molecule has 0 fully saturated rings. The monoisotopic (exact) mass is 259 g/mol. The first-order valence-electron chi connectivity index (χ1n) is 6.26. The number of hydrogen-bond acceptors (Lipinski definition) is 4. The van der Waals surface area contributed by atoms with Gasteiger partial charge in [0.05, 0.1) is 0 Å². The third-order valence-corrected chi connectivity index (χ3v) is 4.45. The molecule has 0 radical (unpaired) electrons. The molecule has 1 aliphatic heterocycles. The Morgan fingerprint density at radius 3 is 3.00 bits per heavy atom. The molecule has 0 unspecified atom stereocenters. The molecule has 94 valence electrons. The minimum Gasteiger partial charge on any atom is -0.352 e. The predicted molar refractivity (Wildman–Crippen MR) is 75.9 cm³/mol. The average Bonchev–Trinajstić information content (AvgIpc) is 2.86. The minimum atomic E-state index is 0.0522. The van der Waals surface area contributed by atoms with Gasteiger partial charge < -0.3 is 10.6 Å². The Hall–Kier alpha value is -1.39. The van der Waals surface area contributed by atoms with Crippen LogP contribution in [0.25, 0.3) is 0 Å². The van der Waals surface area contributed by atoms with E-state index in [0.717, 1.165) is 30.9 Å². The summed E-state index contributed by atoms with van der Waals surface area (Å²) in [7, 11) is 0. The van der Waals surface area contributed by atoms with Gasteiger partial charge in [0.15, 0.2) is 0 Å². The van der Waals surface area contributed by atoms with Gasteiger partial charge in [-0.05, 0) is 42.0 Å². The molecule has 1 aliphatic rings. The smallest absolute Gasteiger partial charge is 0.128 e. The first-order valence-corrected chi connectivity index (χ1v) is 7.14. The minimum absolute atomic E-state index is 0.0522. The summed E-state index contributed by atoms with van der Waals surface area (Å²) in [5, 5.41) is 2.18. The van der Waals surface area contributed by atoms with Crippen LogP contribution < -0.4 is 10.6 Å². The lowest BCUT2D eigenvalue weighted by Crippen LogP contribution is -2.30. The van der Waals surface area contributed by atoms with E-state index in [0.29, 0.717) is 0 Å². The fourth-order valence-electron chi connectivity index (χ4n) is 2.30. The number of fused-ring (bicyclic) bond motifs is 1. The summed E-state index contributed by atoms with van der Waals surface area (Å²) < 4.78 is 0. The van der Waals surface area contributed by atoms with Gasteiger partial charge in [0, 0.05) is 30.2 Å². The molecule has 4 heteroatoms. The molecule has 2 N–H and O–H groups in total. The Morgan fingerprint density at radius 2 is 2.28 bits per heavy atom. The van der Waals surface area contributed by atoms with Gasteiger partial charge in [-0.2, -0.15) is 0 Å². The Labute approximate surface area is 111 Å². The number of pyridine rings is 1. The summed E-state index contributed by atoms with van der Waals surface area (Å²) in [4.78, 5) is 8.39. The van der Waals surface area contributed by atoms with Crippen molar-refractivity contribution in [1.82, 2.24) is 4.98 Å². The van der Waals surface area contributed by atoms with Crippen LogP contribution in [0, 0.1) is 0 Å². The highest BCUT2D eigenvalue weighted by molar-refractivity contribution is 7.10. The molecule has 1 atom stereocenters. The normalized spacial score (nSPS) is 16.4. The van der Waals surface area contributed by atoms with Gasteiger partial charge in [-0.25, -0.2) is 4.98 Å². The molecule has 0 bridgehead atoms. The van der Waals surface area contributed by atoms with Crippen LogP contribution in [-0.4, -0.2) is 11.5 Å². The highest BCUT2D eigenvalue weighted by atomic mass is 32.1. The molecule has 3 rings (SSSR count). The highest BCUT2D eigenvalue weighted by Gasteiger charge is 2.18. The van der Waals surface area contributed by atoms with E-state index in [1.54, 1.807) is 0 Å². The summed E-state index contributed by atoms with van der Waals surface area (Å²) in [6, 6.07) is 6.44. The third-order valence-electron chi connectivity index (χ3n) is 3.43. The van der Waals surface area contributed by atoms with E-state index in [1.807, 2.05) is 24.5 Å². The van der Waals surface area contributed by atoms with E-state index in [9.17, 15) is 0 Å². The first-order chi connectivity index (χ1) is 8.74. The number of thiophene rings is 1. The molecule has 0 amide bonds. The van der Waals surface area contributed by atoms with E-state index >= 15 is 0 Å². The van der Waals surface area contributed by atoms with Gasteiger partial charge in [0.2, 0.25) is 0 Å². The van der Waals surface area contributed by atoms with E-state index in [4.69, 9.17) is 5.73 Å². The molecule has 18 heavy (non-hydrogen) atoms. The molecule has 0 aliphatic carbocycles. The summed E-state index contributed by atoms with van der Waals surface area (Å²) in [5.74, 6) is 1.05. The maximum Gasteiger partial charge on any atom is 0.128 e. The van der Waals surface area contributed by atoms with Crippen LogP contribution in [0.15, 0.2) is 29.8 Å². The fourth-order valence-corrected chi connectivity index (χ4v) is 3.19. The van der Waals surface area contributed by atoms with Crippen molar-refractivity contribution in [1.29, 1.82) is 0 Å². The van der Waals surface area contributed by atoms with Crippen LogP contribution in [0.5, 0.6) is 0 Å². The standard InChI is InChI=1S/C14H17N3S/c1-10(15)11-2-3-14(16-8-11)17-6-4-13-12(9-17)5-7-18-13/h2-3,5,7-8,10H,4,6,9,15H2,1H3/t10-/m0/s1. The van der Waals surface area contributed by atoms with Crippen LogP contribution in [0.4, 0.5) is 5.82 Å². The van der Waals surface area contributed by atoms with Crippen LogP contribution in [-0.2, 0) is 13.0 Å². The van der Waals surface area contributed by atoms with E-state index in [2.05, 4.69) is 33.5 Å². The maximum atomic E-state index is 5.84. The van der Waals surface area contributed by atoms with Crippen LogP contribution in [0.1, 0.15) is 29.0 Å². The average molecular weight is 259 g/mol. The van der Waals surface area contributed by atoms with Gasteiger partial charge in [0.1, 0.15) is 5.82 Å². The first kappa shape index (κ1) is 11.7. The molecular weight excluding hydrogens is 242 g/mol. The van der Waals surface area contributed by atoms with Crippen LogP contribution in [0.2, 0.25) is 0 Å². The van der Waals surface area contributed by atoms with Crippen molar-refractivity contribution in [3.05, 3.63) is 45.8 Å². The van der Waals surface area contributed by atoms with Gasteiger partial charge in [0.25, 0.3) is 0 Å². The molecule has 0 saturated heterocycles. The number of anilines is 1. The van der Waals surface area contributed by atoms with Gasteiger partial charge in [-0.3, -0.25) is 0 Å². The Balaban J connectivity index is 1.80.